The van der Waals surface area contributed by atoms with Gasteiger partial charge < -0.3 is 56.8 Å². The van der Waals surface area contributed by atoms with Gasteiger partial charge in [-0.3, -0.25) is 28.9 Å². The Morgan fingerprint density at radius 1 is 0.241 bits per heavy atom. The minimum atomic E-state index is -0.861. The quantitative estimate of drug-likeness (QED) is 0.0113. The number of carbonyl (C=O) groups is 13. The lowest BCUT2D eigenvalue weighted by molar-refractivity contribution is -0.277. The maximum absolute atomic E-state index is 12.7. The normalized spacial score (nSPS) is 15.0. The van der Waals surface area contributed by atoms with E-state index in [4.69, 9.17) is 66.6 Å². The first-order chi connectivity index (χ1) is 67.6. The van der Waals surface area contributed by atoms with Crippen LogP contribution in [0.1, 0.15) is 350 Å². The van der Waals surface area contributed by atoms with Crippen LogP contribution in [0.3, 0.4) is 0 Å². The third-order valence-corrected chi connectivity index (χ3v) is 25.9. The van der Waals surface area contributed by atoms with Crippen LogP contribution in [0.4, 0.5) is 0 Å². The van der Waals surface area contributed by atoms with E-state index >= 15 is 0 Å². The molecule has 0 amide bonds. The van der Waals surface area contributed by atoms with E-state index in [0.29, 0.717) is 58.2 Å². The third-order valence-electron chi connectivity index (χ3n) is 25.9. The van der Waals surface area contributed by atoms with Crippen LogP contribution < -0.4 is 0 Å². The Morgan fingerprint density at radius 3 is 0.697 bits per heavy atom. The van der Waals surface area contributed by atoms with Gasteiger partial charge in [0, 0.05) is 6.42 Å². The second kappa shape index (κ2) is 72.0. The number of ether oxygens (including phenoxy) is 12. The Hall–Kier alpha value is -12.4. The summed E-state index contributed by atoms with van der Waals surface area (Å²) in [6.45, 7) is 5.88. The predicted octanol–water partition coefficient (Wildman–Crippen LogP) is 25.4. The molecule has 1 atom stereocenters. The highest BCUT2D eigenvalue weighted by Crippen LogP contribution is 2.35. The summed E-state index contributed by atoms with van der Waals surface area (Å²) in [7, 11) is 0. The minimum Gasteiger partial charge on any atom is -0.465 e. The average Bonchev–Trinajstić information content (AvgIpc) is 0.814. The molecule has 0 aliphatic heterocycles. The van der Waals surface area contributed by atoms with E-state index in [1.54, 1.807) is 189 Å². The highest BCUT2D eigenvalue weighted by atomic mass is 17.2. The summed E-state index contributed by atoms with van der Waals surface area (Å²) < 4.78 is 65.7. The molecule has 0 bridgehead atoms. The standard InChI is InChI=1S/C27H38O6.C27H32O6.C24H26O6.C17H22O5.C17H22O4.6CH4/c2*1-2-27(18-31-24(28)21-12-6-3-7-13-21,19-32-25(29)22-14-8-4-9-15-22)20-33-26(30)23-16-10-5-11-17-23;25-22(18-10-4-1-5-11-18)28-16-21(30-24(27)20-14-8-3-9-15-20)17-29-23(26)19-12-6-2-7-13-19;18-16(14-8-3-1-4-9-14)20-12-7-13-21-22-17(19)15-10-5-2-6-11-15;1-13(21-17(19)15-10-6-3-7-11-15)12-20-16(18)14-8-4-2-5-9-14;;;;;;/h3,6-7,12-13,22-23H,2,4-5,8-11,14-20H2,1H3;3-4,6-9,12-15,23H,2,5,10-11,16-20H2,1H3;1-2,4-7,10-13,20-21H,3,8-9,14-17H2;1,3-4,8-9,15H,2,5-7,10-13H2;2,4-5,8-9,13,15H,3,6-7,10-12H2,1H3;6*1H4. The predicted molar refractivity (Wildman–Crippen MR) is 557 cm³/mol. The Labute approximate surface area is 861 Å². The van der Waals surface area contributed by atoms with Crippen LogP contribution in [0.25, 0.3) is 0 Å². The summed E-state index contributed by atoms with van der Waals surface area (Å²) in [4.78, 5) is 169. The van der Waals surface area contributed by atoms with Gasteiger partial charge in [-0.1, -0.05) is 301 Å². The molecule has 145 heavy (non-hydrogen) atoms. The maximum Gasteiger partial charge on any atom is 0.345 e. The second-order valence-corrected chi connectivity index (χ2v) is 36.6. The van der Waals surface area contributed by atoms with Crippen molar-refractivity contribution in [3.63, 3.8) is 0 Å². The van der Waals surface area contributed by atoms with Crippen LogP contribution in [-0.2, 0) is 95.4 Å². The van der Waals surface area contributed by atoms with Crippen molar-refractivity contribution in [2.24, 2.45) is 46.3 Å². The van der Waals surface area contributed by atoms with Gasteiger partial charge in [-0.25, -0.2) is 38.4 Å². The number of rotatable bonds is 40. The van der Waals surface area contributed by atoms with E-state index < -0.39 is 58.9 Å². The van der Waals surface area contributed by atoms with Crippen LogP contribution in [0.2, 0.25) is 0 Å². The highest BCUT2D eigenvalue weighted by Gasteiger charge is 2.40. The summed E-state index contributed by atoms with van der Waals surface area (Å²) in [5.41, 5.74) is 1.55. The molecule has 27 nitrogen and oxygen atoms in total. The molecule has 6 saturated carbocycles. The molecule has 0 heterocycles. The van der Waals surface area contributed by atoms with Gasteiger partial charge in [0.25, 0.3) is 0 Å². The topological polar surface area (TPSA) is 351 Å². The molecule has 6 fully saturated rings. The van der Waals surface area contributed by atoms with E-state index in [1.165, 1.54) is 12.8 Å². The Morgan fingerprint density at radius 2 is 0.448 bits per heavy atom. The molecule has 1 unspecified atom stereocenters. The Balaban J connectivity index is 0.000000466. The number of hydrogen-bond donors (Lipinski definition) is 0. The van der Waals surface area contributed by atoms with Crippen LogP contribution in [0.15, 0.2) is 212 Å². The monoisotopic (exact) mass is 2010 g/mol. The van der Waals surface area contributed by atoms with Gasteiger partial charge in [-0.15, -0.1) is 0 Å². The van der Waals surface area contributed by atoms with E-state index in [9.17, 15) is 62.3 Å². The molecule has 0 saturated heterocycles. The van der Waals surface area contributed by atoms with Crippen molar-refractivity contribution in [1.82, 2.24) is 0 Å². The third kappa shape index (κ3) is 46.7. The number of hydrogen-bond acceptors (Lipinski definition) is 27. The fraction of sp³-hybridized carbons (Fsp3) is 0.534. The summed E-state index contributed by atoms with van der Waals surface area (Å²) in [6.07, 6.45) is 30.1. The van der Waals surface area contributed by atoms with E-state index in [-0.39, 0.29) is 195 Å². The van der Waals surface area contributed by atoms with Crippen LogP contribution in [-0.4, -0.2) is 162 Å². The largest absolute Gasteiger partial charge is 0.465 e. The highest BCUT2D eigenvalue weighted by molar-refractivity contribution is 5.93. The smallest absolute Gasteiger partial charge is 0.345 e. The summed E-state index contributed by atoms with van der Waals surface area (Å²) in [6, 6.07) is 60.9. The molecule has 0 N–H and O–H groups in total. The zero-order chi connectivity index (χ0) is 98.9. The van der Waals surface area contributed by atoms with Gasteiger partial charge in [0.1, 0.15) is 65.6 Å². The van der Waals surface area contributed by atoms with Crippen molar-refractivity contribution < 1.29 is 129 Å². The maximum atomic E-state index is 12.7. The molecule has 13 rings (SSSR count). The van der Waals surface area contributed by atoms with Gasteiger partial charge >= 0.3 is 77.6 Å². The first-order valence-electron chi connectivity index (χ1n) is 49.9. The molecule has 6 aliphatic carbocycles. The fourth-order valence-electron chi connectivity index (χ4n) is 16.9. The number of carbonyl (C=O) groups excluding carboxylic acids is 13. The van der Waals surface area contributed by atoms with Crippen molar-refractivity contribution in [2.45, 2.75) is 289 Å². The molecule has 27 heteroatoms. The van der Waals surface area contributed by atoms with E-state index in [0.717, 1.165) is 180 Å². The first kappa shape index (κ1) is 127. The summed E-state index contributed by atoms with van der Waals surface area (Å²) >= 11 is 0. The first-order valence-corrected chi connectivity index (χ1v) is 49.9. The number of esters is 12. The molecular weight excluding hydrogens is 1850 g/mol. The molecule has 7 aromatic rings. The van der Waals surface area contributed by atoms with Gasteiger partial charge in [-0.2, -0.15) is 4.89 Å². The van der Waals surface area contributed by atoms with Crippen LogP contribution >= 0.6 is 0 Å². The molecule has 0 spiro atoms. The fourth-order valence-corrected chi connectivity index (χ4v) is 16.9. The van der Waals surface area contributed by atoms with Gasteiger partial charge in [0.15, 0.2) is 6.10 Å². The lowest BCUT2D eigenvalue weighted by Crippen LogP contribution is -2.40. The minimum absolute atomic E-state index is 0. The Bertz CT molecular complexity index is 4660. The Kier molecular flexibility index (Phi) is 62.9. The zero-order valence-corrected chi connectivity index (χ0v) is 81.0. The van der Waals surface area contributed by atoms with Crippen molar-refractivity contribution >= 4 is 77.6 Å². The van der Waals surface area contributed by atoms with Crippen LogP contribution in [0, 0.1) is 46.3 Å². The van der Waals surface area contributed by atoms with E-state index in [2.05, 4.69) is 0 Å². The number of benzene rings is 7. The van der Waals surface area contributed by atoms with Crippen LogP contribution in [0.5, 0.6) is 0 Å². The van der Waals surface area contributed by atoms with Gasteiger partial charge in [-0.05, 0) is 182 Å². The lowest BCUT2D eigenvalue weighted by atomic mass is 9.86. The van der Waals surface area contributed by atoms with Crippen molar-refractivity contribution in [2.75, 3.05) is 72.7 Å². The summed E-state index contributed by atoms with van der Waals surface area (Å²) in [5, 5.41) is 0. The van der Waals surface area contributed by atoms with Crippen molar-refractivity contribution in [1.29, 1.82) is 0 Å². The lowest BCUT2D eigenvalue weighted by Gasteiger charge is -2.32. The zero-order valence-electron chi connectivity index (χ0n) is 81.0. The second-order valence-electron chi connectivity index (χ2n) is 36.6. The molecule has 0 radical (unpaired) electrons. The SMILES string of the molecule is C.C.C.C.C.C.CC(COC(=O)c1ccccc1)OC(=O)C1CCCCC1.CCC(COC(=O)c1ccccc1)(COC(=O)C1CCCCC1)COC(=O)C1CCCCC1.CCC(COC(=O)c1ccccc1)(COC(=O)c1ccccc1)COC(=O)C1CCCCC1.O=C(OCC(COC(=O)c1ccccc1)OC(=O)C1CCCCC1)c1ccccc1.O=C(OCCCOOC(=O)C1CCCCC1)c1ccccc1. The van der Waals surface area contributed by atoms with E-state index in [1.807, 2.05) is 44.2 Å². The van der Waals surface area contributed by atoms with Crippen molar-refractivity contribution in [3.8, 4) is 0 Å². The molecule has 798 valence electrons. The molecule has 6 aliphatic rings. The summed E-state index contributed by atoms with van der Waals surface area (Å²) in [5.74, 6) is -4.94. The van der Waals surface area contributed by atoms with Crippen molar-refractivity contribution in [3.05, 3.63) is 251 Å². The molecule has 0 aromatic heterocycles. The average molecular weight is 2010 g/mol. The molecule has 7 aromatic carbocycles. The molecular formula is C118H164O27. The van der Waals surface area contributed by atoms with Gasteiger partial charge in [0.2, 0.25) is 0 Å². The van der Waals surface area contributed by atoms with Gasteiger partial charge in [0.05, 0.1) is 98.5 Å².